The number of likely N-dealkylation sites (N-methyl/N-ethyl adjacent to an activating group) is 1. The zero-order valence-corrected chi connectivity index (χ0v) is 21.8. The van der Waals surface area contributed by atoms with Gasteiger partial charge in [0.1, 0.15) is 17.9 Å². The van der Waals surface area contributed by atoms with E-state index in [9.17, 15) is 4.79 Å². The molecule has 4 rings (SSSR count). The molecular weight excluding hydrogens is 480 g/mol. The van der Waals surface area contributed by atoms with Gasteiger partial charge in [-0.05, 0) is 82.2 Å². The van der Waals surface area contributed by atoms with Crippen LogP contribution in [-0.4, -0.2) is 52.8 Å². The highest BCUT2D eigenvalue weighted by Crippen LogP contribution is 2.29. The van der Waals surface area contributed by atoms with E-state index in [4.69, 9.17) is 10.5 Å². The molecule has 1 aliphatic rings. The van der Waals surface area contributed by atoms with Crippen LogP contribution in [0.2, 0.25) is 0 Å². The number of carbonyl (C=O) groups excluding carboxylic acids is 1. The number of nitrogens with zero attached hydrogens (tertiary/aromatic N) is 5. The van der Waals surface area contributed by atoms with Gasteiger partial charge in [-0.1, -0.05) is 6.08 Å². The number of ether oxygens (including phenoxy) is 1. The summed E-state index contributed by atoms with van der Waals surface area (Å²) in [6.07, 6.45) is 11.9. The number of rotatable bonds is 9. The summed E-state index contributed by atoms with van der Waals surface area (Å²) in [5.41, 5.74) is 9.03. The molecule has 3 aromatic rings. The smallest absolute Gasteiger partial charge is 0.248 e. The molecule has 2 aromatic carbocycles. The van der Waals surface area contributed by atoms with Crippen molar-refractivity contribution in [2.45, 2.75) is 32.7 Å². The third-order valence-corrected chi connectivity index (χ3v) is 6.10. The number of fused-ring (bicyclic) bond motifs is 1. The third kappa shape index (κ3) is 7.01. The lowest BCUT2D eigenvalue weighted by molar-refractivity contribution is -0.111. The summed E-state index contributed by atoms with van der Waals surface area (Å²) in [6.45, 7) is 4.75. The van der Waals surface area contributed by atoms with Crippen molar-refractivity contribution in [1.82, 2.24) is 14.9 Å². The lowest BCUT2D eigenvalue weighted by atomic mass is 10.1. The number of likely N-dealkylation sites (tertiary alicyclic amines) is 1. The standard InChI is InChI=1S/C28H32N8O2/c1-4-32-33-14-13-26(29)38-25-11-8-20(16-19(25)2)35-28-23-17-21(7-10-24(23)30-18-31-28)34-27(37)12-9-22-6-5-15-36(22)3/h4,7-14,16-18,22H,5-6,15,29H2,1-3H3,(H,34,37)(H,30,31,35)/b12-9+,26-13?,32-4-,33-14?/t22-/m1/s1. The minimum atomic E-state index is -0.167. The van der Waals surface area contributed by atoms with Crippen LogP contribution in [0.5, 0.6) is 5.75 Å². The Morgan fingerprint density at radius 1 is 1.18 bits per heavy atom. The van der Waals surface area contributed by atoms with Crippen molar-refractivity contribution >= 4 is 46.4 Å². The summed E-state index contributed by atoms with van der Waals surface area (Å²) < 4.78 is 5.71. The Bertz CT molecular complexity index is 1410. The predicted molar refractivity (Wildman–Crippen MR) is 153 cm³/mol. The molecule has 38 heavy (non-hydrogen) atoms. The van der Waals surface area contributed by atoms with Crippen LogP contribution < -0.4 is 21.1 Å². The lowest BCUT2D eigenvalue weighted by Gasteiger charge is -2.14. The highest BCUT2D eigenvalue weighted by molar-refractivity contribution is 6.02. The SMILES string of the molecule is C/C=N\N=CC=C(N)Oc1ccc(Nc2ncnc3ccc(NC(=O)/C=C/[C@H]4CCCN4C)cc23)cc1C. The van der Waals surface area contributed by atoms with Crippen molar-refractivity contribution in [3.63, 3.8) is 0 Å². The molecule has 10 nitrogen and oxygen atoms in total. The van der Waals surface area contributed by atoms with Crippen LogP contribution in [0.4, 0.5) is 17.2 Å². The van der Waals surface area contributed by atoms with E-state index in [2.05, 4.69) is 42.8 Å². The van der Waals surface area contributed by atoms with E-state index in [0.717, 1.165) is 41.5 Å². The van der Waals surface area contributed by atoms with Gasteiger partial charge < -0.3 is 21.1 Å². The Balaban J connectivity index is 1.47. The number of allylic oxidation sites excluding steroid dienone is 1. The molecule has 0 saturated carbocycles. The molecule has 196 valence electrons. The van der Waals surface area contributed by atoms with E-state index in [0.29, 0.717) is 23.3 Å². The van der Waals surface area contributed by atoms with Gasteiger partial charge in [0.25, 0.3) is 0 Å². The van der Waals surface area contributed by atoms with E-state index in [-0.39, 0.29) is 11.8 Å². The monoisotopic (exact) mass is 512 g/mol. The number of amides is 1. The number of carbonyl (C=O) groups is 1. The second kappa shape index (κ2) is 12.6. The fourth-order valence-electron chi connectivity index (χ4n) is 4.15. The van der Waals surface area contributed by atoms with Gasteiger partial charge in [-0.2, -0.15) is 10.2 Å². The average molecular weight is 513 g/mol. The Morgan fingerprint density at radius 3 is 2.79 bits per heavy atom. The van der Waals surface area contributed by atoms with Gasteiger partial charge in [0.2, 0.25) is 5.91 Å². The van der Waals surface area contributed by atoms with Crippen LogP contribution in [0, 0.1) is 6.92 Å². The van der Waals surface area contributed by atoms with E-state index < -0.39 is 0 Å². The second-order valence-corrected chi connectivity index (χ2v) is 8.91. The van der Waals surface area contributed by atoms with Crippen LogP contribution in [0.15, 0.2) is 77.0 Å². The first-order valence-corrected chi connectivity index (χ1v) is 12.4. The molecule has 1 saturated heterocycles. The second-order valence-electron chi connectivity index (χ2n) is 8.91. The molecule has 10 heteroatoms. The predicted octanol–water partition coefficient (Wildman–Crippen LogP) is 4.53. The molecule has 0 unspecified atom stereocenters. The van der Waals surface area contributed by atoms with Crippen molar-refractivity contribution in [3.8, 4) is 5.75 Å². The summed E-state index contributed by atoms with van der Waals surface area (Å²) in [5.74, 6) is 1.27. The molecule has 1 aliphatic heterocycles. The first kappa shape index (κ1) is 26.5. The van der Waals surface area contributed by atoms with Gasteiger partial charge in [-0.3, -0.25) is 9.69 Å². The van der Waals surface area contributed by atoms with Crippen molar-refractivity contribution < 1.29 is 9.53 Å². The number of aromatic nitrogens is 2. The van der Waals surface area contributed by atoms with Crippen molar-refractivity contribution in [3.05, 3.63) is 72.4 Å². The van der Waals surface area contributed by atoms with Gasteiger partial charge in [0.05, 0.1) is 11.7 Å². The van der Waals surface area contributed by atoms with E-state index >= 15 is 0 Å². The first-order valence-electron chi connectivity index (χ1n) is 12.4. The third-order valence-electron chi connectivity index (χ3n) is 6.10. The normalized spacial score (nSPS) is 16.7. The van der Waals surface area contributed by atoms with Crippen LogP contribution in [-0.2, 0) is 4.79 Å². The summed E-state index contributed by atoms with van der Waals surface area (Å²) >= 11 is 0. The minimum absolute atomic E-state index is 0.167. The van der Waals surface area contributed by atoms with Crippen LogP contribution >= 0.6 is 0 Å². The summed E-state index contributed by atoms with van der Waals surface area (Å²) in [6, 6.07) is 11.5. The molecule has 2 heterocycles. The molecule has 0 radical (unpaired) electrons. The number of hydrogen-bond donors (Lipinski definition) is 3. The van der Waals surface area contributed by atoms with E-state index in [1.54, 1.807) is 19.2 Å². The molecule has 1 atom stereocenters. The average Bonchev–Trinajstić information content (AvgIpc) is 3.32. The molecule has 0 aliphatic carbocycles. The first-order chi connectivity index (χ1) is 18.4. The fourth-order valence-corrected chi connectivity index (χ4v) is 4.15. The van der Waals surface area contributed by atoms with Crippen molar-refractivity contribution in [2.24, 2.45) is 15.9 Å². The maximum atomic E-state index is 12.5. The summed E-state index contributed by atoms with van der Waals surface area (Å²) in [5, 5.41) is 14.6. The van der Waals surface area contributed by atoms with Crippen molar-refractivity contribution in [2.75, 3.05) is 24.2 Å². The van der Waals surface area contributed by atoms with Gasteiger partial charge in [0, 0.05) is 41.2 Å². The Kier molecular flexibility index (Phi) is 8.78. The number of anilines is 3. The fraction of sp³-hybridized carbons (Fsp3) is 0.250. The number of nitrogens with one attached hydrogen (secondary N) is 2. The van der Waals surface area contributed by atoms with Gasteiger partial charge in [-0.15, -0.1) is 0 Å². The molecule has 1 aromatic heterocycles. The molecule has 4 N–H and O–H groups in total. The summed E-state index contributed by atoms with van der Waals surface area (Å²) in [4.78, 5) is 23.6. The van der Waals surface area contributed by atoms with Crippen LogP contribution in [0.1, 0.15) is 25.3 Å². The molecule has 1 amide bonds. The highest BCUT2D eigenvalue weighted by Gasteiger charge is 2.18. The topological polar surface area (TPSA) is 130 Å². The molecular formula is C28H32N8O2. The molecule has 0 spiro atoms. The van der Waals surface area contributed by atoms with Crippen LogP contribution in [0.25, 0.3) is 10.9 Å². The largest absolute Gasteiger partial charge is 0.441 e. The van der Waals surface area contributed by atoms with Crippen molar-refractivity contribution in [1.29, 1.82) is 0 Å². The Hall–Kier alpha value is -4.57. The van der Waals surface area contributed by atoms with Gasteiger partial charge in [0.15, 0.2) is 5.88 Å². The Morgan fingerprint density at radius 2 is 2.03 bits per heavy atom. The maximum Gasteiger partial charge on any atom is 0.248 e. The minimum Gasteiger partial charge on any atom is -0.441 e. The number of nitrogens with two attached hydrogens (primary N) is 1. The van der Waals surface area contributed by atoms with E-state index in [1.165, 1.54) is 18.6 Å². The zero-order chi connectivity index (χ0) is 26.9. The summed E-state index contributed by atoms with van der Waals surface area (Å²) in [7, 11) is 2.08. The van der Waals surface area contributed by atoms with Crippen LogP contribution in [0.3, 0.4) is 0 Å². The quantitative estimate of drug-likeness (QED) is 0.166. The molecule has 0 bridgehead atoms. The molecule has 1 fully saturated rings. The zero-order valence-electron chi connectivity index (χ0n) is 21.8. The van der Waals surface area contributed by atoms with E-state index in [1.807, 2.05) is 49.4 Å². The maximum absolute atomic E-state index is 12.5. The Labute approximate surface area is 222 Å². The number of benzene rings is 2. The lowest BCUT2D eigenvalue weighted by Crippen LogP contribution is -2.23. The highest BCUT2D eigenvalue weighted by atomic mass is 16.5. The number of aryl methyl sites for hydroxylation is 1. The number of hydrogen-bond acceptors (Lipinski definition) is 9. The van der Waals surface area contributed by atoms with Gasteiger partial charge >= 0.3 is 0 Å². The van der Waals surface area contributed by atoms with Gasteiger partial charge in [-0.25, -0.2) is 9.97 Å².